The molecule has 162 valence electrons. The van der Waals surface area contributed by atoms with Crippen molar-refractivity contribution < 1.29 is 9.53 Å². The SMILES string of the molecule is COc1ccc(/C=C2/SC(=NCN3CCCCC3)N(CN3CCCCC3)C2=O)cc1. The van der Waals surface area contributed by atoms with Crippen molar-refractivity contribution in [3.8, 4) is 5.75 Å². The van der Waals surface area contributed by atoms with Gasteiger partial charge < -0.3 is 4.74 Å². The van der Waals surface area contributed by atoms with Crippen LogP contribution in [0.15, 0.2) is 34.2 Å². The Morgan fingerprint density at radius 3 is 2.23 bits per heavy atom. The van der Waals surface area contributed by atoms with Gasteiger partial charge in [-0.15, -0.1) is 0 Å². The molecule has 1 amide bonds. The molecule has 0 spiro atoms. The molecule has 0 aromatic heterocycles. The van der Waals surface area contributed by atoms with E-state index in [1.807, 2.05) is 35.2 Å². The van der Waals surface area contributed by atoms with Crippen LogP contribution in [0, 0.1) is 0 Å². The molecule has 4 rings (SSSR count). The lowest BCUT2D eigenvalue weighted by atomic mass is 10.1. The van der Waals surface area contributed by atoms with Crippen LogP contribution in [0.4, 0.5) is 0 Å². The first kappa shape index (κ1) is 21.4. The van der Waals surface area contributed by atoms with Crippen molar-refractivity contribution in [2.45, 2.75) is 38.5 Å². The maximum atomic E-state index is 13.3. The van der Waals surface area contributed by atoms with Crippen molar-refractivity contribution in [2.24, 2.45) is 4.99 Å². The summed E-state index contributed by atoms with van der Waals surface area (Å²) in [6.45, 7) is 5.66. The third-order valence-corrected chi connectivity index (χ3v) is 6.99. The lowest BCUT2D eigenvalue weighted by Crippen LogP contribution is -2.43. The first-order valence-electron chi connectivity index (χ1n) is 11.1. The number of piperidine rings is 2. The number of carbonyl (C=O) groups is 1. The van der Waals surface area contributed by atoms with Gasteiger partial charge >= 0.3 is 0 Å². The van der Waals surface area contributed by atoms with Crippen LogP contribution in [-0.2, 0) is 4.79 Å². The van der Waals surface area contributed by atoms with E-state index >= 15 is 0 Å². The third-order valence-electron chi connectivity index (χ3n) is 5.95. The molecule has 0 unspecified atom stereocenters. The Bertz CT molecular complexity index is 781. The zero-order chi connectivity index (χ0) is 20.8. The average molecular weight is 429 g/mol. The summed E-state index contributed by atoms with van der Waals surface area (Å²) in [5.74, 6) is 0.886. The van der Waals surface area contributed by atoms with E-state index in [-0.39, 0.29) is 5.91 Å². The minimum Gasteiger partial charge on any atom is -0.497 e. The van der Waals surface area contributed by atoms with Crippen molar-refractivity contribution in [3.63, 3.8) is 0 Å². The number of rotatable bonds is 6. The minimum absolute atomic E-state index is 0.0683. The summed E-state index contributed by atoms with van der Waals surface area (Å²) in [5, 5.41) is 0.843. The largest absolute Gasteiger partial charge is 0.497 e. The number of ether oxygens (including phenoxy) is 1. The van der Waals surface area contributed by atoms with E-state index < -0.39 is 0 Å². The molecular weight excluding hydrogens is 396 g/mol. The van der Waals surface area contributed by atoms with Crippen molar-refractivity contribution in [3.05, 3.63) is 34.7 Å². The van der Waals surface area contributed by atoms with Gasteiger partial charge in [0.25, 0.3) is 5.91 Å². The number of benzene rings is 1. The summed E-state index contributed by atoms with van der Waals surface area (Å²) in [6.07, 6.45) is 9.49. The number of hydrogen-bond donors (Lipinski definition) is 0. The molecule has 7 heteroatoms. The first-order chi connectivity index (χ1) is 14.7. The highest BCUT2D eigenvalue weighted by molar-refractivity contribution is 8.18. The monoisotopic (exact) mass is 428 g/mol. The summed E-state index contributed by atoms with van der Waals surface area (Å²) in [6, 6.07) is 7.82. The summed E-state index contributed by atoms with van der Waals surface area (Å²) in [5.41, 5.74) is 1.00. The van der Waals surface area contributed by atoms with E-state index in [1.54, 1.807) is 7.11 Å². The van der Waals surface area contributed by atoms with Gasteiger partial charge in [0.15, 0.2) is 5.17 Å². The molecule has 0 bridgehead atoms. The van der Waals surface area contributed by atoms with E-state index in [0.717, 1.165) is 47.6 Å². The van der Waals surface area contributed by atoms with Crippen LogP contribution in [0.1, 0.15) is 44.1 Å². The Hall–Kier alpha value is -1.83. The molecule has 1 aromatic carbocycles. The van der Waals surface area contributed by atoms with Gasteiger partial charge in [-0.1, -0.05) is 25.0 Å². The maximum absolute atomic E-state index is 13.3. The van der Waals surface area contributed by atoms with Gasteiger partial charge in [0.05, 0.1) is 25.4 Å². The molecule has 1 aromatic rings. The van der Waals surface area contributed by atoms with Gasteiger partial charge in [0.1, 0.15) is 5.75 Å². The van der Waals surface area contributed by atoms with Crippen LogP contribution in [0.25, 0.3) is 6.08 Å². The molecule has 3 aliphatic heterocycles. The number of likely N-dealkylation sites (tertiary alicyclic amines) is 2. The van der Waals surface area contributed by atoms with E-state index in [0.29, 0.717) is 13.3 Å². The van der Waals surface area contributed by atoms with Gasteiger partial charge in [-0.05, 0) is 87.4 Å². The van der Waals surface area contributed by atoms with Gasteiger partial charge in [-0.3, -0.25) is 19.5 Å². The van der Waals surface area contributed by atoms with E-state index in [2.05, 4.69) is 9.80 Å². The van der Waals surface area contributed by atoms with Gasteiger partial charge in [-0.2, -0.15) is 0 Å². The Balaban J connectivity index is 1.51. The molecule has 0 N–H and O–H groups in total. The highest BCUT2D eigenvalue weighted by atomic mass is 32.2. The predicted molar refractivity (Wildman–Crippen MR) is 123 cm³/mol. The molecule has 3 heterocycles. The fourth-order valence-electron chi connectivity index (χ4n) is 4.16. The molecular formula is C23H32N4O2S. The smallest absolute Gasteiger partial charge is 0.267 e. The van der Waals surface area contributed by atoms with Crippen molar-refractivity contribution in [1.29, 1.82) is 0 Å². The van der Waals surface area contributed by atoms with Crippen LogP contribution in [0.3, 0.4) is 0 Å². The van der Waals surface area contributed by atoms with Crippen molar-refractivity contribution in [1.82, 2.24) is 14.7 Å². The summed E-state index contributed by atoms with van der Waals surface area (Å²) in [4.78, 5) is 25.6. The molecule has 3 aliphatic rings. The minimum atomic E-state index is 0.0683. The van der Waals surface area contributed by atoms with Crippen molar-refractivity contribution >= 4 is 28.9 Å². The fourth-order valence-corrected chi connectivity index (χ4v) is 5.13. The fraction of sp³-hybridized carbons (Fsp3) is 0.565. The van der Waals surface area contributed by atoms with Crippen LogP contribution in [0.2, 0.25) is 0 Å². The van der Waals surface area contributed by atoms with Gasteiger partial charge in [-0.25, -0.2) is 4.99 Å². The number of amidine groups is 1. The van der Waals surface area contributed by atoms with Gasteiger partial charge in [0, 0.05) is 0 Å². The van der Waals surface area contributed by atoms with Crippen LogP contribution < -0.4 is 4.74 Å². The third kappa shape index (κ3) is 5.45. The molecule has 3 saturated heterocycles. The lowest BCUT2D eigenvalue weighted by Gasteiger charge is -2.30. The zero-order valence-electron chi connectivity index (χ0n) is 17.9. The lowest BCUT2D eigenvalue weighted by molar-refractivity contribution is -0.123. The van der Waals surface area contributed by atoms with E-state index in [4.69, 9.17) is 9.73 Å². The van der Waals surface area contributed by atoms with Crippen LogP contribution >= 0.6 is 11.8 Å². The Morgan fingerprint density at radius 2 is 1.60 bits per heavy atom. The Labute approximate surface area is 184 Å². The van der Waals surface area contributed by atoms with Gasteiger partial charge in [0.2, 0.25) is 0 Å². The van der Waals surface area contributed by atoms with Crippen molar-refractivity contribution in [2.75, 3.05) is 46.6 Å². The second-order valence-corrected chi connectivity index (χ2v) is 9.21. The average Bonchev–Trinajstić information content (AvgIpc) is 3.08. The normalized spacial score (nSPS) is 24.2. The number of aliphatic imine (C=N–C) groups is 1. The van der Waals surface area contributed by atoms with E-state index in [1.165, 1.54) is 50.3 Å². The second kappa shape index (κ2) is 10.5. The number of hydrogen-bond acceptors (Lipinski definition) is 6. The quantitative estimate of drug-likeness (QED) is 0.644. The highest BCUT2D eigenvalue weighted by Crippen LogP contribution is 2.33. The second-order valence-electron chi connectivity index (χ2n) is 8.20. The number of carbonyl (C=O) groups excluding carboxylic acids is 1. The predicted octanol–water partition coefficient (Wildman–Crippen LogP) is 3.85. The molecule has 0 atom stereocenters. The molecule has 6 nitrogen and oxygen atoms in total. The number of methoxy groups -OCH3 is 1. The highest BCUT2D eigenvalue weighted by Gasteiger charge is 2.34. The first-order valence-corrected chi connectivity index (χ1v) is 11.9. The molecule has 0 aliphatic carbocycles. The Kier molecular flexibility index (Phi) is 7.47. The van der Waals surface area contributed by atoms with E-state index in [9.17, 15) is 4.79 Å². The molecule has 0 saturated carbocycles. The zero-order valence-corrected chi connectivity index (χ0v) is 18.7. The van der Waals surface area contributed by atoms with Crippen LogP contribution in [-0.4, -0.2) is 72.4 Å². The maximum Gasteiger partial charge on any atom is 0.267 e. The van der Waals surface area contributed by atoms with Crippen LogP contribution in [0.5, 0.6) is 5.75 Å². The number of nitrogens with zero attached hydrogens (tertiary/aromatic N) is 4. The molecule has 30 heavy (non-hydrogen) atoms. The molecule has 3 fully saturated rings. The summed E-state index contributed by atoms with van der Waals surface area (Å²) < 4.78 is 5.24. The Morgan fingerprint density at radius 1 is 0.967 bits per heavy atom. The number of thioether (sulfide) groups is 1. The summed E-state index contributed by atoms with van der Waals surface area (Å²) >= 11 is 1.51. The summed E-state index contributed by atoms with van der Waals surface area (Å²) in [7, 11) is 1.66. The standard InChI is InChI=1S/C23H32N4O2S/c1-29-20-10-8-19(9-11-20)16-21-22(28)27(18-26-14-6-3-7-15-26)23(30-21)24-17-25-12-4-2-5-13-25/h8-11,16H,2-7,12-15,17-18H2,1H3/b21-16+,24-23?. The topological polar surface area (TPSA) is 48.4 Å². The molecule has 0 radical (unpaired) electrons. The number of amides is 1.